The molecule has 0 radical (unpaired) electrons. The lowest BCUT2D eigenvalue weighted by Crippen LogP contribution is -2.13. The number of nitrogens with one attached hydrogen (secondary N) is 1. The molecule has 0 aliphatic heterocycles. The molecule has 0 fully saturated rings. The number of methoxy groups -OCH3 is 1. The van der Waals surface area contributed by atoms with Crippen molar-refractivity contribution < 1.29 is 19.0 Å². The average molecular weight is 579 g/mol. The Morgan fingerprint density at radius 2 is 1.83 bits per heavy atom. The van der Waals surface area contributed by atoms with E-state index in [0.717, 1.165) is 9.13 Å². The van der Waals surface area contributed by atoms with Crippen molar-refractivity contribution in [2.24, 2.45) is 0 Å². The second-order valence-corrected chi connectivity index (χ2v) is 8.34. The van der Waals surface area contributed by atoms with E-state index in [1.54, 1.807) is 48.5 Å². The van der Waals surface area contributed by atoms with Gasteiger partial charge < -0.3 is 19.5 Å². The van der Waals surface area contributed by atoms with Crippen molar-refractivity contribution in [3.63, 3.8) is 0 Å². The number of hydrogen-bond donors (Lipinski definition) is 1. The van der Waals surface area contributed by atoms with Crippen LogP contribution in [-0.2, 0) is 11.4 Å². The van der Waals surface area contributed by atoms with Crippen LogP contribution in [0.5, 0.6) is 17.2 Å². The van der Waals surface area contributed by atoms with E-state index < -0.39 is 5.91 Å². The maximum absolute atomic E-state index is 12.7. The summed E-state index contributed by atoms with van der Waals surface area (Å²) in [7, 11) is 1.51. The first-order valence-electron chi connectivity index (χ1n) is 10.6. The molecule has 0 unspecified atom stereocenters. The van der Waals surface area contributed by atoms with Crippen molar-refractivity contribution in [1.82, 2.24) is 0 Å². The van der Waals surface area contributed by atoms with E-state index in [9.17, 15) is 15.3 Å². The first kappa shape index (κ1) is 25.6. The van der Waals surface area contributed by atoms with Crippen molar-refractivity contribution in [3.05, 3.63) is 86.5 Å². The summed E-state index contributed by atoms with van der Waals surface area (Å²) in [6, 6.07) is 21.7. The second-order valence-electron chi connectivity index (χ2n) is 7.17. The van der Waals surface area contributed by atoms with Gasteiger partial charge in [-0.2, -0.15) is 10.5 Å². The zero-order valence-corrected chi connectivity index (χ0v) is 21.3. The van der Waals surface area contributed by atoms with Crippen LogP contribution in [-0.4, -0.2) is 19.6 Å². The summed E-state index contributed by atoms with van der Waals surface area (Å²) < 4.78 is 17.6. The van der Waals surface area contributed by atoms with Crippen LogP contribution in [0, 0.1) is 26.2 Å². The summed E-state index contributed by atoms with van der Waals surface area (Å²) in [5.74, 6) is 1.12. The molecule has 8 heteroatoms. The largest absolute Gasteiger partial charge is 0.494 e. The highest BCUT2D eigenvalue weighted by Gasteiger charge is 2.15. The fourth-order valence-electron chi connectivity index (χ4n) is 3.18. The molecule has 0 aromatic heterocycles. The Morgan fingerprint density at radius 1 is 1.09 bits per heavy atom. The number of hydrogen-bond acceptors (Lipinski definition) is 6. The van der Waals surface area contributed by atoms with Crippen LogP contribution in [0.3, 0.4) is 0 Å². The van der Waals surface area contributed by atoms with Gasteiger partial charge in [0, 0.05) is 11.3 Å². The Kier molecular flexibility index (Phi) is 9.10. The van der Waals surface area contributed by atoms with Gasteiger partial charge in [0.25, 0.3) is 5.91 Å². The first-order chi connectivity index (χ1) is 17.0. The van der Waals surface area contributed by atoms with Gasteiger partial charge in [0.1, 0.15) is 24.0 Å². The lowest BCUT2D eigenvalue weighted by atomic mass is 10.1. The van der Waals surface area contributed by atoms with E-state index in [2.05, 4.69) is 34.0 Å². The predicted molar refractivity (Wildman–Crippen MR) is 141 cm³/mol. The maximum Gasteiger partial charge on any atom is 0.266 e. The Labute approximate surface area is 217 Å². The predicted octanol–water partition coefficient (Wildman–Crippen LogP) is 5.69. The molecule has 1 amide bonds. The minimum atomic E-state index is -0.529. The zero-order valence-electron chi connectivity index (χ0n) is 19.2. The van der Waals surface area contributed by atoms with Crippen LogP contribution in [0.4, 0.5) is 5.69 Å². The molecule has 7 nitrogen and oxygen atoms in total. The van der Waals surface area contributed by atoms with Crippen LogP contribution >= 0.6 is 22.6 Å². The van der Waals surface area contributed by atoms with E-state index in [0.29, 0.717) is 40.7 Å². The van der Waals surface area contributed by atoms with Crippen molar-refractivity contribution in [2.45, 2.75) is 13.5 Å². The summed E-state index contributed by atoms with van der Waals surface area (Å²) in [4.78, 5) is 12.7. The molecule has 3 rings (SSSR count). The fraction of sp³-hybridized carbons (Fsp3) is 0.148. The smallest absolute Gasteiger partial charge is 0.266 e. The molecule has 0 aliphatic carbocycles. The number of carbonyl (C=O) groups excluding carboxylic acids is 1. The Morgan fingerprint density at radius 3 is 2.49 bits per heavy atom. The molecule has 176 valence electrons. The van der Waals surface area contributed by atoms with Gasteiger partial charge >= 0.3 is 0 Å². The normalized spacial score (nSPS) is 10.6. The van der Waals surface area contributed by atoms with E-state index in [4.69, 9.17) is 14.2 Å². The number of benzene rings is 3. The molecular formula is C27H22IN3O4. The summed E-state index contributed by atoms with van der Waals surface area (Å²) >= 11 is 2.11. The third-order valence-electron chi connectivity index (χ3n) is 4.86. The highest BCUT2D eigenvalue weighted by Crippen LogP contribution is 2.35. The molecule has 3 aromatic carbocycles. The zero-order chi connectivity index (χ0) is 25.2. The van der Waals surface area contributed by atoms with Gasteiger partial charge in [0.05, 0.1) is 28.9 Å². The molecular weight excluding hydrogens is 557 g/mol. The second kappa shape index (κ2) is 12.4. The van der Waals surface area contributed by atoms with E-state index in [1.165, 1.54) is 13.2 Å². The van der Waals surface area contributed by atoms with Crippen molar-refractivity contribution >= 4 is 40.3 Å². The fourth-order valence-corrected chi connectivity index (χ4v) is 3.96. The minimum Gasteiger partial charge on any atom is -0.494 e. The van der Waals surface area contributed by atoms with Crippen LogP contribution in [0.2, 0.25) is 0 Å². The van der Waals surface area contributed by atoms with E-state index >= 15 is 0 Å². The lowest BCUT2D eigenvalue weighted by Gasteiger charge is -2.14. The van der Waals surface area contributed by atoms with Crippen molar-refractivity contribution in [3.8, 4) is 29.4 Å². The van der Waals surface area contributed by atoms with Gasteiger partial charge in [-0.1, -0.05) is 18.2 Å². The summed E-state index contributed by atoms with van der Waals surface area (Å²) in [5, 5.41) is 21.6. The van der Waals surface area contributed by atoms with Gasteiger partial charge in [-0.15, -0.1) is 0 Å². The Balaban J connectivity index is 1.79. The molecule has 0 atom stereocenters. The number of amides is 1. The Bertz CT molecular complexity index is 1320. The van der Waals surface area contributed by atoms with Gasteiger partial charge in [0.2, 0.25) is 0 Å². The van der Waals surface area contributed by atoms with Crippen molar-refractivity contribution in [1.29, 1.82) is 10.5 Å². The Hall–Kier alpha value is -4.02. The van der Waals surface area contributed by atoms with Crippen LogP contribution in [0.15, 0.2) is 66.2 Å². The number of nitrogens with zero attached hydrogens (tertiary/aromatic N) is 2. The molecule has 0 saturated carbocycles. The topological polar surface area (TPSA) is 104 Å². The van der Waals surface area contributed by atoms with Gasteiger partial charge in [0.15, 0.2) is 11.5 Å². The molecule has 0 bridgehead atoms. The number of ether oxygens (including phenoxy) is 3. The average Bonchev–Trinajstić information content (AvgIpc) is 2.87. The standard InChI is InChI=1S/C27H22IN3O4/c1-3-34-23-10-8-22(9-11-23)31-27(32)21(16-30)12-18-13-24(28)26(25(14-18)33-2)35-17-20-7-5-4-6-19(20)15-29/h4-14H,3,17H2,1-2H3,(H,31,32)/b21-12-. The quantitative estimate of drug-likeness (QED) is 0.198. The van der Waals surface area contributed by atoms with Crippen LogP contribution in [0.25, 0.3) is 6.08 Å². The van der Waals surface area contributed by atoms with Crippen LogP contribution in [0.1, 0.15) is 23.6 Å². The first-order valence-corrected chi connectivity index (χ1v) is 11.7. The van der Waals surface area contributed by atoms with E-state index in [1.807, 2.05) is 25.1 Å². The number of nitriles is 2. The highest BCUT2D eigenvalue weighted by molar-refractivity contribution is 14.1. The number of carbonyl (C=O) groups is 1. The molecule has 0 aliphatic rings. The third-order valence-corrected chi connectivity index (χ3v) is 5.66. The lowest BCUT2D eigenvalue weighted by molar-refractivity contribution is -0.112. The molecule has 0 saturated heterocycles. The number of rotatable bonds is 9. The van der Waals surface area contributed by atoms with Crippen molar-refractivity contribution in [2.75, 3.05) is 19.0 Å². The minimum absolute atomic E-state index is 0.0617. The molecule has 1 N–H and O–H groups in total. The summed E-state index contributed by atoms with van der Waals surface area (Å²) in [6.45, 7) is 2.63. The summed E-state index contributed by atoms with van der Waals surface area (Å²) in [5.41, 5.74) is 2.39. The monoisotopic (exact) mass is 579 g/mol. The van der Waals surface area contributed by atoms with Gasteiger partial charge in [-0.3, -0.25) is 4.79 Å². The molecule has 35 heavy (non-hydrogen) atoms. The third kappa shape index (κ3) is 6.75. The molecule has 3 aromatic rings. The number of anilines is 1. The SMILES string of the molecule is CCOc1ccc(NC(=O)/C(C#N)=C\c2cc(I)c(OCc3ccccc3C#N)c(OC)c2)cc1. The van der Waals surface area contributed by atoms with Crippen LogP contribution < -0.4 is 19.5 Å². The van der Waals surface area contributed by atoms with E-state index in [-0.39, 0.29) is 12.2 Å². The maximum atomic E-state index is 12.7. The molecule has 0 spiro atoms. The van der Waals surface area contributed by atoms with Gasteiger partial charge in [-0.05, 0) is 83.6 Å². The van der Waals surface area contributed by atoms with Gasteiger partial charge in [-0.25, -0.2) is 0 Å². The molecule has 0 heterocycles. The highest BCUT2D eigenvalue weighted by atomic mass is 127. The number of halogens is 1. The summed E-state index contributed by atoms with van der Waals surface area (Å²) in [6.07, 6.45) is 1.49.